The summed E-state index contributed by atoms with van der Waals surface area (Å²) in [4.78, 5) is 5.13. The van der Waals surface area contributed by atoms with Crippen LogP contribution in [0.3, 0.4) is 0 Å². The zero-order valence-corrected chi connectivity index (χ0v) is 21.4. The molecule has 1 N–H and O–H groups in total. The zero-order valence-electron chi connectivity index (χ0n) is 20.6. The van der Waals surface area contributed by atoms with Crippen molar-refractivity contribution in [3.63, 3.8) is 0 Å². The van der Waals surface area contributed by atoms with Crippen LogP contribution in [0, 0.1) is 29.1 Å². The lowest BCUT2D eigenvalue weighted by molar-refractivity contribution is -0.670. The molecule has 1 aliphatic rings. The minimum Gasteiger partial charge on any atom is -0.744 e. The van der Waals surface area contributed by atoms with Crippen LogP contribution in [0.2, 0.25) is 0 Å². The van der Waals surface area contributed by atoms with Crippen molar-refractivity contribution in [2.75, 3.05) is 20.3 Å². The van der Waals surface area contributed by atoms with Crippen molar-refractivity contribution in [3.05, 3.63) is 60.2 Å². The predicted octanol–water partition coefficient (Wildman–Crippen LogP) is 4.54. The number of benzene rings is 1. The van der Waals surface area contributed by atoms with Crippen molar-refractivity contribution in [2.45, 2.75) is 56.8 Å². The molecule has 36 heavy (non-hydrogen) atoms. The molecule has 204 valence electrons. The van der Waals surface area contributed by atoms with Crippen molar-refractivity contribution < 1.29 is 39.5 Å². The van der Waals surface area contributed by atoms with Gasteiger partial charge in [0.2, 0.25) is 12.1 Å². The van der Waals surface area contributed by atoms with Gasteiger partial charge in [0.05, 0.1) is 13.7 Å². The summed E-state index contributed by atoms with van der Waals surface area (Å²) in [5.74, 6) is -12.8. The molecule has 1 aliphatic heterocycles. The molecule has 7 nitrogen and oxygen atoms in total. The number of aromatic amines is 1. The van der Waals surface area contributed by atoms with Crippen LogP contribution in [0.1, 0.15) is 51.9 Å². The standard InChI is InChI=1S/C13H26N2.C6HF5O3S.C4H6N2/c1-3-4-5-6-7-8-9-10-15-12-11-14(2)13-15;7-1-2(8)4(10)6(15(12,13)14)5(11)3(1)9;1-6-3-2-5-4-6/h11-12H,3-10,13H2,1-2H3;(H,12,13,14);2-4H,1H3. The summed E-state index contributed by atoms with van der Waals surface area (Å²) >= 11 is 0. The maximum absolute atomic E-state index is 12.6. The van der Waals surface area contributed by atoms with Crippen LogP contribution in [0.15, 0.2) is 36.0 Å². The summed E-state index contributed by atoms with van der Waals surface area (Å²) in [6.07, 6.45) is 19.9. The lowest BCUT2D eigenvalue weighted by Crippen LogP contribution is -2.23. The smallest absolute Gasteiger partial charge is 0.241 e. The van der Waals surface area contributed by atoms with E-state index in [1.54, 1.807) is 0 Å². The Hall–Kier alpha value is -2.67. The molecule has 0 radical (unpaired) electrons. The summed E-state index contributed by atoms with van der Waals surface area (Å²) in [5.41, 5.74) is 0. The zero-order chi connectivity index (χ0) is 27.3. The van der Waals surface area contributed by atoms with E-state index in [1.807, 2.05) is 30.3 Å². The maximum atomic E-state index is 12.6. The number of unbranched alkanes of at least 4 members (excludes halogenated alkanes) is 6. The first kappa shape index (κ1) is 31.4. The average molecular weight is 541 g/mol. The van der Waals surface area contributed by atoms with Crippen molar-refractivity contribution in [1.82, 2.24) is 14.8 Å². The molecular weight excluding hydrogens is 507 g/mol. The molecule has 0 unspecified atom stereocenters. The van der Waals surface area contributed by atoms with Crippen LogP contribution in [-0.4, -0.2) is 48.0 Å². The van der Waals surface area contributed by atoms with E-state index in [-0.39, 0.29) is 0 Å². The van der Waals surface area contributed by atoms with Crippen LogP contribution in [0.25, 0.3) is 0 Å². The Balaban J connectivity index is 0.000000293. The molecular formula is C23H33F5N4O3S. The van der Waals surface area contributed by atoms with Crippen molar-refractivity contribution in [1.29, 1.82) is 0 Å². The van der Waals surface area contributed by atoms with Crippen LogP contribution in [-0.2, 0) is 17.2 Å². The molecule has 0 amide bonds. The number of H-pyrrole nitrogens is 1. The van der Waals surface area contributed by atoms with Crippen LogP contribution >= 0.6 is 0 Å². The number of aromatic nitrogens is 2. The molecule has 0 bridgehead atoms. The lowest BCUT2D eigenvalue weighted by atomic mass is 10.1. The Morgan fingerprint density at radius 3 is 1.83 bits per heavy atom. The normalized spacial score (nSPS) is 12.8. The first-order chi connectivity index (χ1) is 16.9. The number of imidazole rings is 1. The number of nitrogens with zero attached hydrogens (tertiary/aromatic N) is 3. The summed E-state index contributed by atoms with van der Waals surface area (Å²) in [6, 6.07) is 0. The second kappa shape index (κ2) is 15.4. The largest absolute Gasteiger partial charge is 0.744 e. The topological polar surface area (TPSA) is 83.3 Å². The third-order valence-electron chi connectivity index (χ3n) is 5.09. The molecule has 13 heteroatoms. The molecule has 1 aromatic heterocycles. The molecule has 0 spiro atoms. The Kier molecular flexibility index (Phi) is 13.5. The van der Waals surface area contributed by atoms with Gasteiger partial charge in [-0.1, -0.05) is 45.4 Å². The molecule has 1 aromatic carbocycles. The molecule has 0 saturated heterocycles. The summed E-state index contributed by atoms with van der Waals surface area (Å²) < 4.78 is 94.8. The van der Waals surface area contributed by atoms with E-state index >= 15 is 0 Å². The molecule has 0 atom stereocenters. The van der Waals surface area contributed by atoms with E-state index in [4.69, 9.17) is 0 Å². The molecule has 3 rings (SSSR count). The third-order valence-corrected chi connectivity index (χ3v) is 5.95. The first-order valence-electron chi connectivity index (χ1n) is 11.5. The van der Waals surface area contributed by atoms with E-state index in [2.05, 4.69) is 41.2 Å². The fourth-order valence-electron chi connectivity index (χ4n) is 3.17. The van der Waals surface area contributed by atoms with Gasteiger partial charge in [-0.25, -0.2) is 34.9 Å². The van der Waals surface area contributed by atoms with Crippen LogP contribution < -0.4 is 4.57 Å². The minimum absolute atomic E-state index is 1.08. The van der Waals surface area contributed by atoms with Gasteiger partial charge in [-0.15, -0.1) is 0 Å². The Morgan fingerprint density at radius 1 is 0.917 bits per heavy atom. The predicted molar refractivity (Wildman–Crippen MR) is 123 cm³/mol. The van der Waals surface area contributed by atoms with Gasteiger partial charge in [0, 0.05) is 26.0 Å². The van der Waals surface area contributed by atoms with Crippen molar-refractivity contribution >= 4 is 10.1 Å². The van der Waals surface area contributed by atoms with E-state index < -0.39 is 44.1 Å². The molecule has 0 aliphatic carbocycles. The van der Waals surface area contributed by atoms with Gasteiger partial charge in [-0.05, 0) is 6.42 Å². The van der Waals surface area contributed by atoms with Gasteiger partial charge in [0.15, 0.2) is 23.3 Å². The molecule has 2 aromatic rings. The number of nitrogens with one attached hydrogen (secondary N) is 1. The highest BCUT2D eigenvalue weighted by Gasteiger charge is 2.28. The monoisotopic (exact) mass is 540 g/mol. The highest BCUT2D eigenvalue weighted by atomic mass is 32.2. The lowest BCUT2D eigenvalue weighted by Gasteiger charge is -2.17. The third kappa shape index (κ3) is 10.5. The maximum Gasteiger partial charge on any atom is 0.241 e. The molecule has 0 fully saturated rings. The Morgan fingerprint density at radius 2 is 1.44 bits per heavy atom. The molecule has 2 heterocycles. The van der Waals surface area contributed by atoms with Crippen LogP contribution in [0.5, 0.6) is 0 Å². The number of hydrogen-bond donors (Lipinski definition) is 1. The van der Waals surface area contributed by atoms with Gasteiger partial charge in [-0.3, -0.25) is 4.98 Å². The average Bonchev–Trinajstić information content (AvgIpc) is 3.46. The van der Waals surface area contributed by atoms with Gasteiger partial charge in [-0.2, -0.15) is 0 Å². The second-order valence-electron chi connectivity index (χ2n) is 8.26. The van der Waals surface area contributed by atoms with E-state index in [0.717, 1.165) is 6.67 Å². The number of aryl methyl sites for hydroxylation is 1. The molecule has 0 saturated carbocycles. The number of hydrogen-bond acceptors (Lipinski definition) is 5. The highest BCUT2D eigenvalue weighted by molar-refractivity contribution is 7.85. The first-order valence-corrected chi connectivity index (χ1v) is 12.9. The van der Waals surface area contributed by atoms with Gasteiger partial charge in [0.25, 0.3) is 0 Å². The summed E-state index contributed by atoms with van der Waals surface area (Å²) in [5, 5.41) is 0. The summed E-state index contributed by atoms with van der Waals surface area (Å²) in [6.45, 7) is 4.58. The number of rotatable bonds is 9. The van der Waals surface area contributed by atoms with E-state index in [1.165, 1.54) is 51.5 Å². The summed E-state index contributed by atoms with van der Waals surface area (Å²) in [7, 11) is -1.68. The van der Waals surface area contributed by atoms with Crippen molar-refractivity contribution in [2.24, 2.45) is 7.05 Å². The Labute approximate surface area is 209 Å². The van der Waals surface area contributed by atoms with Gasteiger partial charge in [0.1, 0.15) is 27.4 Å². The fourth-order valence-corrected chi connectivity index (χ4v) is 3.79. The SMILES string of the molecule is CCCCCCCCCN1C=CN(C)C1.C[n+]1cc[nH]c1.O=S(=O)([O-])c1c(F)c(F)c(F)c(F)c1F. The van der Waals surface area contributed by atoms with E-state index in [9.17, 15) is 34.9 Å². The number of halogens is 5. The quantitative estimate of drug-likeness (QED) is 0.126. The van der Waals surface area contributed by atoms with Crippen molar-refractivity contribution in [3.8, 4) is 0 Å². The fraction of sp³-hybridized carbons (Fsp3) is 0.522. The highest BCUT2D eigenvalue weighted by Crippen LogP contribution is 2.26. The minimum atomic E-state index is -5.77. The second-order valence-corrected chi connectivity index (χ2v) is 9.58. The van der Waals surface area contributed by atoms with Gasteiger partial charge < -0.3 is 14.4 Å². The van der Waals surface area contributed by atoms with E-state index in [0.29, 0.717) is 0 Å². The Bertz CT molecular complexity index is 1040. The van der Waals surface area contributed by atoms with Gasteiger partial charge >= 0.3 is 0 Å². The van der Waals surface area contributed by atoms with Crippen LogP contribution in [0.4, 0.5) is 22.0 Å².